The fourth-order valence-corrected chi connectivity index (χ4v) is 2.56. The van der Waals surface area contributed by atoms with Gasteiger partial charge in [0.05, 0.1) is 16.8 Å². The van der Waals surface area contributed by atoms with Gasteiger partial charge in [-0.1, -0.05) is 23.7 Å². The summed E-state index contributed by atoms with van der Waals surface area (Å²) >= 11 is 5.84. The smallest absolute Gasteiger partial charge is 0.420 e. The number of hydrogen-bond acceptors (Lipinski definition) is 6. The number of nitriles is 1. The van der Waals surface area contributed by atoms with Crippen molar-refractivity contribution in [1.29, 1.82) is 5.26 Å². The Morgan fingerprint density at radius 3 is 2.81 bits per heavy atom. The molecule has 27 heavy (non-hydrogen) atoms. The first kappa shape index (κ1) is 18.2. The van der Waals surface area contributed by atoms with Crippen molar-refractivity contribution < 1.29 is 18.7 Å². The van der Waals surface area contributed by atoms with E-state index in [0.29, 0.717) is 16.1 Å². The number of nitrogens with zero attached hydrogens (tertiary/aromatic N) is 2. The first-order valence-corrected chi connectivity index (χ1v) is 8.09. The second-order valence-corrected chi connectivity index (χ2v) is 5.87. The number of oxazole rings is 1. The number of amides is 1. The molecule has 1 heterocycles. The van der Waals surface area contributed by atoms with Gasteiger partial charge >= 0.3 is 11.7 Å². The topological polar surface area (TPSA) is 114 Å². The summed E-state index contributed by atoms with van der Waals surface area (Å²) in [7, 11) is 0. The number of carbonyl (C=O) groups is 2. The summed E-state index contributed by atoms with van der Waals surface area (Å²) in [5.41, 5.74) is 1.22. The van der Waals surface area contributed by atoms with Crippen LogP contribution < -0.4 is 11.1 Å². The molecule has 0 spiro atoms. The average Bonchev–Trinajstić information content (AvgIpc) is 2.96. The highest BCUT2D eigenvalue weighted by Gasteiger charge is 2.15. The van der Waals surface area contributed by atoms with Gasteiger partial charge in [-0.3, -0.25) is 14.2 Å². The molecular weight excluding hydrogens is 374 g/mol. The van der Waals surface area contributed by atoms with Crippen molar-refractivity contribution in [2.24, 2.45) is 0 Å². The highest BCUT2D eigenvalue weighted by molar-refractivity contribution is 6.31. The molecule has 0 aliphatic carbocycles. The average molecular weight is 386 g/mol. The molecule has 0 fully saturated rings. The normalized spacial score (nSPS) is 10.4. The number of fused-ring (bicyclic) bond motifs is 1. The number of carbonyl (C=O) groups excluding carboxylic acids is 2. The molecule has 136 valence electrons. The Bertz CT molecular complexity index is 1130. The van der Waals surface area contributed by atoms with Crippen molar-refractivity contribution in [3.05, 3.63) is 63.6 Å². The monoisotopic (exact) mass is 385 g/mol. The van der Waals surface area contributed by atoms with E-state index in [1.165, 1.54) is 18.2 Å². The second kappa shape index (κ2) is 7.76. The van der Waals surface area contributed by atoms with Gasteiger partial charge in [-0.15, -0.1) is 0 Å². The molecule has 8 nitrogen and oxygen atoms in total. The van der Waals surface area contributed by atoms with Crippen LogP contribution in [0.5, 0.6) is 0 Å². The zero-order chi connectivity index (χ0) is 19.4. The molecule has 3 aromatic rings. The quantitative estimate of drug-likeness (QED) is 0.674. The molecule has 0 saturated carbocycles. The van der Waals surface area contributed by atoms with Crippen LogP contribution in [0.3, 0.4) is 0 Å². The summed E-state index contributed by atoms with van der Waals surface area (Å²) in [5.74, 6) is -2.13. The Kier molecular flexibility index (Phi) is 5.24. The van der Waals surface area contributed by atoms with Crippen molar-refractivity contribution in [3.63, 3.8) is 0 Å². The zero-order valence-corrected chi connectivity index (χ0v) is 14.5. The van der Waals surface area contributed by atoms with Crippen molar-refractivity contribution in [2.45, 2.75) is 6.54 Å². The highest BCUT2D eigenvalue weighted by Crippen LogP contribution is 2.20. The molecule has 0 unspecified atom stereocenters. The molecule has 0 atom stereocenters. The third-order valence-electron chi connectivity index (χ3n) is 3.60. The lowest BCUT2D eigenvalue weighted by Crippen LogP contribution is -2.26. The molecule has 1 N–H and O–H groups in total. The predicted molar refractivity (Wildman–Crippen MR) is 96.2 cm³/mol. The molecule has 0 radical (unpaired) electrons. The van der Waals surface area contributed by atoms with Crippen LogP contribution in [0.15, 0.2) is 51.7 Å². The fraction of sp³-hybridized carbons (Fsp3) is 0.111. The maximum absolute atomic E-state index is 12.0. The summed E-state index contributed by atoms with van der Waals surface area (Å²) in [6.07, 6.45) is 0. The minimum atomic E-state index is -0.787. The van der Waals surface area contributed by atoms with Crippen molar-refractivity contribution >= 4 is 40.3 Å². The summed E-state index contributed by atoms with van der Waals surface area (Å²) in [6.45, 7) is -0.982. The van der Waals surface area contributed by atoms with E-state index in [2.05, 4.69) is 5.32 Å². The van der Waals surface area contributed by atoms with Crippen LogP contribution in [0, 0.1) is 11.3 Å². The molecule has 0 aliphatic rings. The van der Waals surface area contributed by atoms with Gasteiger partial charge in [0.1, 0.15) is 12.6 Å². The summed E-state index contributed by atoms with van der Waals surface area (Å²) in [6, 6.07) is 12.9. The van der Waals surface area contributed by atoms with Crippen molar-refractivity contribution in [2.75, 3.05) is 11.9 Å². The lowest BCUT2D eigenvalue weighted by molar-refractivity contribution is -0.147. The Balaban J connectivity index is 1.62. The fourth-order valence-electron chi connectivity index (χ4n) is 2.39. The van der Waals surface area contributed by atoms with Gasteiger partial charge in [0.15, 0.2) is 12.2 Å². The largest absolute Gasteiger partial charge is 0.454 e. The van der Waals surface area contributed by atoms with Gasteiger partial charge in [-0.25, -0.2) is 4.79 Å². The van der Waals surface area contributed by atoms with E-state index in [1.54, 1.807) is 24.3 Å². The van der Waals surface area contributed by atoms with Crippen LogP contribution in [0.25, 0.3) is 11.1 Å². The van der Waals surface area contributed by atoms with Gasteiger partial charge in [-0.2, -0.15) is 5.26 Å². The maximum Gasteiger partial charge on any atom is 0.420 e. The van der Waals surface area contributed by atoms with E-state index in [4.69, 9.17) is 26.0 Å². The van der Waals surface area contributed by atoms with Gasteiger partial charge in [0.25, 0.3) is 5.91 Å². The van der Waals surface area contributed by atoms with Crippen LogP contribution >= 0.6 is 11.6 Å². The van der Waals surface area contributed by atoms with Crippen molar-refractivity contribution in [1.82, 2.24) is 4.57 Å². The Labute approximate surface area is 157 Å². The number of nitrogens with one attached hydrogen (secondary N) is 1. The van der Waals surface area contributed by atoms with Crippen LogP contribution in [0.1, 0.15) is 5.56 Å². The molecule has 2 aromatic carbocycles. The Morgan fingerprint density at radius 2 is 2.04 bits per heavy atom. The second-order valence-electron chi connectivity index (χ2n) is 5.43. The van der Waals surface area contributed by atoms with Gasteiger partial charge < -0.3 is 14.5 Å². The van der Waals surface area contributed by atoms with E-state index in [9.17, 15) is 14.4 Å². The summed E-state index contributed by atoms with van der Waals surface area (Å²) in [5, 5.41) is 11.8. The molecule has 9 heteroatoms. The van der Waals surface area contributed by atoms with Crippen LogP contribution in [0.2, 0.25) is 5.02 Å². The van der Waals surface area contributed by atoms with E-state index in [0.717, 1.165) is 4.57 Å². The minimum Gasteiger partial charge on any atom is -0.454 e. The predicted octanol–water partition coefficient (Wildman–Crippen LogP) is 2.30. The summed E-state index contributed by atoms with van der Waals surface area (Å²) < 4.78 is 11.0. The van der Waals surface area contributed by atoms with Gasteiger partial charge in [0.2, 0.25) is 0 Å². The molecule has 1 amide bonds. The SMILES string of the molecule is N#Cc1ccc(Cl)cc1NC(=O)COC(=O)Cn1c(=O)oc2ccccc21. The number of rotatable bonds is 5. The first-order chi connectivity index (χ1) is 13.0. The Morgan fingerprint density at radius 1 is 1.26 bits per heavy atom. The van der Waals surface area contributed by atoms with E-state index in [1.807, 2.05) is 6.07 Å². The van der Waals surface area contributed by atoms with Crippen molar-refractivity contribution in [3.8, 4) is 6.07 Å². The molecule has 3 rings (SSSR count). The Hall–Kier alpha value is -3.57. The van der Waals surface area contributed by atoms with E-state index in [-0.39, 0.29) is 11.3 Å². The maximum atomic E-state index is 12.0. The lowest BCUT2D eigenvalue weighted by atomic mass is 10.2. The van der Waals surface area contributed by atoms with Gasteiger partial charge in [0, 0.05) is 5.02 Å². The third-order valence-corrected chi connectivity index (χ3v) is 3.84. The molecule has 0 aliphatic heterocycles. The number of benzene rings is 2. The standard InChI is InChI=1S/C18H12ClN3O5/c19-12-6-5-11(8-20)13(7-12)21-16(23)10-26-17(24)9-22-14-3-1-2-4-15(14)27-18(22)25/h1-7H,9-10H2,(H,21,23). The van der Waals surface area contributed by atoms with Crippen LogP contribution in [-0.2, 0) is 20.9 Å². The molecular formula is C18H12ClN3O5. The number of aromatic nitrogens is 1. The molecule has 0 bridgehead atoms. The van der Waals surface area contributed by atoms with E-state index >= 15 is 0 Å². The number of hydrogen-bond donors (Lipinski definition) is 1. The highest BCUT2D eigenvalue weighted by atomic mass is 35.5. The number of esters is 1. The zero-order valence-electron chi connectivity index (χ0n) is 13.8. The number of anilines is 1. The van der Waals surface area contributed by atoms with Gasteiger partial charge in [-0.05, 0) is 30.3 Å². The third kappa shape index (κ3) is 4.16. The number of para-hydroxylation sites is 2. The number of ether oxygens (including phenoxy) is 1. The summed E-state index contributed by atoms with van der Waals surface area (Å²) in [4.78, 5) is 35.7. The molecule has 1 aromatic heterocycles. The minimum absolute atomic E-state index is 0.211. The van der Waals surface area contributed by atoms with Crippen LogP contribution in [-0.4, -0.2) is 23.1 Å². The lowest BCUT2D eigenvalue weighted by Gasteiger charge is -2.08. The van der Waals surface area contributed by atoms with Crippen LogP contribution in [0.4, 0.5) is 5.69 Å². The van der Waals surface area contributed by atoms with E-state index < -0.39 is 30.8 Å². The first-order valence-electron chi connectivity index (χ1n) is 7.71. The number of halogens is 1. The molecule has 0 saturated heterocycles.